The number of hydrogen-bond donors (Lipinski definition) is 0. The molecule has 1 saturated heterocycles. The van der Waals surface area contributed by atoms with Crippen LogP contribution in [0, 0.1) is 0 Å². The molecule has 1 heterocycles. The number of nitrogens with zero attached hydrogens (tertiary/aromatic N) is 1. The van der Waals surface area contributed by atoms with Gasteiger partial charge in [-0.1, -0.05) is 12.2 Å². The predicted octanol–water partition coefficient (Wildman–Crippen LogP) is 0.692. The number of likely N-dealkylation sites (tertiary alicyclic amines) is 1. The summed E-state index contributed by atoms with van der Waals surface area (Å²) < 4.78 is 0. The van der Waals surface area contributed by atoms with Gasteiger partial charge in [-0.25, -0.2) is 0 Å². The highest BCUT2D eigenvalue weighted by atomic mass is 32.1. The van der Waals surface area contributed by atoms with Crippen LogP contribution in [0.4, 0.5) is 0 Å². The Morgan fingerprint density at radius 3 is 2.57 bits per heavy atom. The summed E-state index contributed by atoms with van der Waals surface area (Å²) in [4.78, 5) is 3.45. The minimum Gasteiger partial charge on any atom is -0.301 e. The van der Waals surface area contributed by atoms with Gasteiger partial charge >= 0.3 is 0 Å². The third-order valence-corrected chi connectivity index (χ3v) is 1.55. The highest BCUT2D eigenvalue weighted by Crippen LogP contribution is 2.00. The topological polar surface area (TPSA) is 3.24 Å². The first-order valence-corrected chi connectivity index (χ1v) is 2.90. The first-order valence-electron chi connectivity index (χ1n) is 2.49. The lowest BCUT2D eigenvalue weighted by Gasteiger charge is -2.00. The van der Waals surface area contributed by atoms with Crippen LogP contribution < -0.4 is 0 Å². The molecule has 7 heavy (non-hydrogen) atoms. The minimum absolute atomic E-state index is 1.04. The Balaban J connectivity index is 2.40. The third kappa shape index (κ3) is 1.21. The molecule has 0 aromatic carbocycles. The van der Waals surface area contributed by atoms with Crippen molar-refractivity contribution >= 4 is 17.1 Å². The average molecular weight is 115 g/mol. The third-order valence-electron chi connectivity index (χ3n) is 1.22. The quantitative estimate of drug-likeness (QED) is 0.427. The first kappa shape index (κ1) is 5.19. The molecule has 0 aromatic rings. The summed E-state index contributed by atoms with van der Waals surface area (Å²) >= 11 is 4.95. The summed E-state index contributed by atoms with van der Waals surface area (Å²) in [6.07, 6.45) is 1.13. The van der Waals surface area contributed by atoms with Crippen LogP contribution in [0.5, 0.6) is 0 Å². The monoisotopic (exact) mass is 115 g/mol. The molecule has 1 nitrogen and oxygen atoms in total. The zero-order valence-electron chi connectivity index (χ0n) is 4.48. The van der Waals surface area contributed by atoms with E-state index in [9.17, 15) is 0 Å². The van der Waals surface area contributed by atoms with Crippen molar-refractivity contribution in [1.82, 2.24) is 4.90 Å². The molecule has 1 aliphatic heterocycles. The van der Waals surface area contributed by atoms with Crippen molar-refractivity contribution in [3.8, 4) is 0 Å². The van der Waals surface area contributed by atoms with Crippen molar-refractivity contribution < 1.29 is 0 Å². The Hall–Kier alpha value is 0.0500. The van der Waals surface area contributed by atoms with Crippen LogP contribution in [0.3, 0.4) is 0 Å². The van der Waals surface area contributed by atoms with E-state index >= 15 is 0 Å². The molecule has 0 radical (unpaired) electrons. The zero-order chi connectivity index (χ0) is 5.28. The smallest absolute Gasteiger partial charge is 0.0294 e. The van der Waals surface area contributed by atoms with Gasteiger partial charge in [0.1, 0.15) is 0 Å². The van der Waals surface area contributed by atoms with E-state index < -0.39 is 0 Å². The fraction of sp³-hybridized carbons (Fsp3) is 0.800. The molecular formula is C5H9NS. The Morgan fingerprint density at radius 1 is 1.71 bits per heavy atom. The maximum atomic E-state index is 4.95. The molecule has 0 unspecified atom stereocenters. The van der Waals surface area contributed by atoms with Crippen LogP contribution in [-0.2, 0) is 0 Å². The predicted molar refractivity (Wildman–Crippen MR) is 34.7 cm³/mol. The number of rotatable bonds is 0. The van der Waals surface area contributed by atoms with Gasteiger partial charge in [-0.3, -0.25) is 0 Å². The maximum absolute atomic E-state index is 4.95. The van der Waals surface area contributed by atoms with Crippen molar-refractivity contribution in [2.75, 3.05) is 20.1 Å². The molecule has 0 N–H and O–H groups in total. The lowest BCUT2D eigenvalue weighted by molar-refractivity contribution is 0.429. The minimum atomic E-state index is 1.04. The fourth-order valence-corrected chi connectivity index (χ4v) is 1.09. The van der Waals surface area contributed by atoms with Crippen molar-refractivity contribution in [2.24, 2.45) is 0 Å². The van der Waals surface area contributed by atoms with Crippen LogP contribution in [0.15, 0.2) is 0 Å². The number of thiocarbonyl (C=S) groups is 1. The second-order valence-corrected chi connectivity index (χ2v) is 2.60. The highest BCUT2D eigenvalue weighted by Gasteiger charge is 2.09. The van der Waals surface area contributed by atoms with Crippen molar-refractivity contribution in [1.29, 1.82) is 0 Å². The van der Waals surface area contributed by atoms with Crippen LogP contribution in [0.1, 0.15) is 6.42 Å². The van der Waals surface area contributed by atoms with Gasteiger partial charge in [0.25, 0.3) is 0 Å². The molecule has 0 aliphatic carbocycles. The van der Waals surface area contributed by atoms with Gasteiger partial charge in [-0.2, -0.15) is 0 Å². The summed E-state index contributed by atoms with van der Waals surface area (Å²) in [6, 6.07) is 0. The molecular weight excluding hydrogens is 106 g/mol. The lowest BCUT2D eigenvalue weighted by atomic mass is 10.4. The first-order chi connectivity index (χ1) is 3.29. The van der Waals surface area contributed by atoms with Gasteiger partial charge in [0.15, 0.2) is 0 Å². The van der Waals surface area contributed by atoms with Gasteiger partial charge in [0.05, 0.1) is 0 Å². The van der Waals surface area contributed by atoms with Gasteiger partial charge in [0.2, 0.25) is 0 Å². The summed E-state index contributed by atoms with van der Waals surface area (Å²) in [7, 11) is 2.10. The Kier molecular flexibility index (Phi) is 1.40. The van der Waals surface area contributed by atoms with Crippen LogP contribution in [0.25, 0.3) is 0 Å². The molecule has 0 saturated carbocycles. The van der Waals surface area contributed by atoms with Gasteiger partial charge in [-0.15, -0.1) is 0 Å². The molecule has 2 heteroatoms. The van der Waals surface area contributed by atoms with E-state index in [2.05, 4.69) is 11.9 Å². The van der Waals surface area contributed by atoms with Crippen molar-refractivity contribution in [3.05, 3.63) is 0 Å². The van der Waals surface area contributed by atoms with Gasteiger partial charge in [-0.05, 0) is 13.5 Å². The van der Waals surface area contributed by atoms with E-state index in [1.165, 1.54) is 11.4 Å². The normalized spacial score (nSPS) is 23.9. The number of hydrogen-bond acceptors (Lipinski definition) is 2. The van der Waals surface area contributed by atoms with E-state index in [-0.39, 0.29) is 0 Å². The Bertz CT molecular complexity index is 90.1. The van der Waals surface area contributed by atoms with E-state index in [1.807, 2.05) is 0 Å². The molecule has 1 aliphatic rings. The second kappa shape index (κ2) is 1.88. The molecule has 1 fully saturated rings. The summed E-state index contributed by atoms with van der Waals surface area (Å²) in [6.45, 7) is 2.20. The van der Waals surface area contributed by atoms with E-state index in [4.69, 9.17) is 12.2 Å². The standard InChI is InChI=1S/C5H9NS/c1-6-3-2-5(7)4-6/h2-4H2,1H3. The second-order valence-electron chi connectivity index (χ2n) is 2.03. The molecule has 0 spiro atoms. The summed E-state index contributed by atoms with van der Waals surface area (Å²) in [5, 5.41) is 0. The van der Waals surface area contributed by atoms with Crippen LogP contribution in [0.2, 0.25) is 0 Å². The van der Waals surface area contributed by atoms with Crippen molar-refractivity contribution in [2.45, 2.75) is 6.42 Å². The van der Waals surface area contributed by atoms with E-state index in [0.717, 1.165) is 13.0 Å². The molecule has 0 atom stereocenters. The van der Waals surface area contributed by atoms with Gasteiger partial charge < -0.3 is 4.90 Å². The Morgan fingerprint density at radius 2 is 2.43 bits per heavy atom. The zero-order valence-corrected chi connectivity index (χ0v) is 5.29. The van der Waals surface area contributed by atoms with E-state index in [0.29, 0.717) is 0 Å². The van der Waals surface area contributed by atoms with Crippen LogP contribution in [-0.4, -0.2) is 29.9 Å². The fourth-order valence-electron chi connectivity index (χ4n) is 0.775. The van der Waals surface area contributed by atoms with Crippen molar-refractivity contribution in [3.63, 3.8) is 0 Å². The Labute approximate surface area is 49.3 Å². The average Bonchev–Trinajstić information content (AvgIpc) is 1.87. The molecule has 0 bridgehead atoms. The molecule has 0 amide bonds. The summed E-state index contributed by atoms with van der Waals surface area (Å²) in [5.41, 5.74) is 0. The largest absolute Gasteiger partial charge is 0.301 e. The SMILES string of the molecule is CN1CCC(=S)C1. The van der Waals surface area contributed by atoms with Gasteiger partial charge in [0, 0.05) is 18.0 Å². The van der Waals surface area contributed by atoms with Crippen LogP contribution >= 0.6 is 12.2 Å². The molecule has 0 aromatic heterocycles. The highest BCUT2D eigenvalue weighted by molar-refractivity contribution is 7.80. The van der Waals surface area contributed by atoms with E-state index in [1.54, 1.807) is 0 Å². The lowest BCUT2D eigenvalue weighted by Crippen LogP contribution is -2.12. The summed E-state index contributed by atoms with van der Waals surface area (Å²) in [5.74, 6) is 0. The molecule has 40 valence electrons. The maximum Gasteiger partial charge on any atom is 0.0294 e. The molecule has 1 rings (SSSR count).